The quantitative estimate of drug-likeness (QED) is 0.153. The van der Waals surface area contributed by atoms with Crippen molar-refractivity contribution in [2.24, 2.45) is 10.2 Å². The summed E-state index contributed by atoms with van der Waals surface area (Å²) in [4.78, 5) is 0. The van der Waals surface area contributed by atoms with Crippen LogP contribution in [0.5, 0.6) is 11.5 Å². The molecule has 0 bridgehead atoms. The number of hydrogen-bond acceptors (Lipinski definition) is 6. The topological polar surface area (TPSA) is 72.0 Å². The molecule has 1 aromatic heterocycles. The van der Waals surface area contributed by atoms with Crippen LogP contribution in [-0.4, -0.2) is 19.3 Å². The summed E-state index contributed by atoms with van der Waals surface area (Å²) in [6, 6.07) is 30.0. The van der Waals surface area contributed by atoms with Crippen molar-refractivity contribution < 1.29 is 14.2 Å². The van der Waals surface area contributed by atoms with Gasteiger partial charge in [0, 0.05) is 33.3 Å². The molecule has 0 saturated heterocycles. The Bertz CT molecular complexity index is 1610. The Kier molecular flexibility index (Phi) is 8.01. The molecule has 0 atom stereocenters. The largest absolute Gasteiger partial charge is 0.497 e. The van der Waals surface area contributed by atoms with Crippen LogP contribution in [-0.2, 0) is 0 Å². The number of methoxy groups -OCH3 is 2. The van der Waals surface area contributed by atoms with E-state index in [4.69, 9.17) is 42.9 Å². The summed E-state index contributed by atoms with van der Waals surface area (Å²) in [6.45, 7) is 0. The average Bonchev–Trinajstić information content (AvgIpc) is 2.98. The smallest absolute Gasteiger partial charge is 0.275 e. The Balaban J connectivity index is 1.73. The van der Waals surface area contributed by atoms with Crippen LogP contribution in [0.2, 0.25) is 10.0 Å². The van der Waals surface area contributed by atoms with E-state index in [9.17, 15) is 0 Å². The van der Waals surface area contributed by atoms with Crippen LogP contribution >= 0.6 is 23.2 Å². The van der Waals surface area contributed by atoms with Gasteiger partial charge in [-0.3, -0.25) is 0 Å². The lowest BCUT2D eigenvalue weighted by molar-refractivity contribution is -0.648. The van der Waals surface area contributed by atoms with Crippen LogP contribution in [0.25, 0.3) is 16.9 Å². The van der Waals surface area contributed by atoms with Crippen LogP contribution in [0.3, 0.4) is 0 Å². The first-order valence-corrected chi connectivity index (χ1v) is 12.7. The molecular formula is C30H24Cl2N5O2+. The van der Waals surface area contributed by atoms with Gasteiger partial charge < -0.3 is 14.8 Å². The first-order valence-electron chi connectivity index (χ1n) is 12.0. The van der Waals surface area contributed by atoms with Crippen molar-refractivity contribution >= 4 is 46.0 Å². The van der Waals surface area contributed by atoms with Gasteiger partial charge >= 0.3 is 0 Å². The van der Waals surface area contributed by atoms with Crippen molar-refractivity contribution in [3.05, 3.63) is 113 Å². The Morgan fingerprint density at radius 2 is 1.44 bits per heavy atom. The molecule has 0 fully saturated rings. The molecule has 0 saturated carbocycles. The van der Waals surface area contributed by atoms with Gasteiger partial charge in [-0.15, -0.1) is 5.11 Å². The molecule has 194 valence electrons. The van der Waals surface area contributed by atoms with Crippen LogP contribution in [0.4, 0.5) is 22.7 Å². The van der Waals surface area contributed by atoms with Crippen LogP contribution < -0.4 is 19.5 Å². The summed E-state index contributed by atoms with van der Waals surface area (Å²) >= 11 is 12.3. The van der Waals surface area contributed by atoms with E-state index in [1.807, 2.05) is 83.5 Å². The predicted octanol–water partition coefficient (Wildman–Crippen LogP) is 8.51. The third-order valence-electron chi connectivity index (χ3n) is 5.88. The third kappa shape index (κ3) is 6.00. The summed E-state index contributed by atoms with van der Waals surface area (Å²) in [5, 5.41) is 18.8. The third-order valence-corrected chi connectivity index (χ3v) is 6.39. The van der Waals surface area contributed by atoms with E-state index >= 15 is 0 Å². The molecule has 7 nitrogen and oxygen atoms in total. The molecule has 5 aromatic rings. The number of hydrogen-bond donors (Lipinski definition) is 1. The second-order valence-electron chi connectivity index (χ2n) is 8.38. The van der Waals surface area contributed by atoms with Crippen molar-refractivity contribution in [1.29, 1.82) is 0 Å². The molecule has 39 heavy (non-hydrogen) atoms. The van der Waals surface area contributed by atoms with E-state index in [0.717, 1.165) is 16.9 Å². The summed E-state index contributed by atoms with van der Waals surface area (Å²) in [7, 11) is 3.22. The van der Waals surface area contributed by atoms with E-state index in [1.165, 1.54) is 0 Å². The first kappa shape index (κ1) is 26.2. The van der Waals surface area contributed by atoms with Crippen molar-refractivity contribution in [3.8, 4) is 28.4 Å². The Morgan fingerprint density at radius 3 is 2.10 bits per heavy atom. The maximum absolute atomic E-state index is 6.18. The number of aromatic nitrogens is 2. The molecule has 0 spiro atoms. The van der Waals surface area contributed by atoms with Crippen molar-refractivity contribution in [3.63, 3.8) is 0 Å². The lowest BCUT2D eigenvalue weighted by atomic mass is 10.1. The SMILES string of the molecule is COc1ccc(Nc2cn[n+](-c3ccc(Cl)cc3)c(-c3ccccc3)c2N=Nc2ccc(Cl)cc2)c(OC)c1. The highest BCUT2D eigenvalue weighted by molar-refractivity contribution is 6.30. The number of halogens is 2. The summed E-state index contributed by atoms with van der Waals surface area (Å²) in [5.41, 5.74) is 5.00. The summed E-state index contributed by atoms with van der Waals surface area (Å²) < 4.78 is 12.8. The monoisotopic (exact) mass is 556 g/mol. The lowest BCUT2D eigenvalue weighted by Gasteiger charge is -2.14. The van der Waals surface area contributed by atoms with Crippen molar-refractivity contribution in [2.45, 2.75) is 0 Å². The molecule has 5 rings (SSSR count). The Hall–Kier alpha value is -4.46. The molecule has 9 heteroatoms. The van der Waals surface area contributed by atoms with Crippen LogP contribution in [0.1, 0.15) is 0 Å². The highest BCUT2D eigenvalue weighted by Gasteiger charge is 2.27. The second-order valence-corrected chi connectivity index (χ2v) is 9.25. The minimum Gasteiger partial charge on any atom is -0.497 e. The van der Waals surface area contributed by atoms with Gasteiger partial charge in [0.15, 0.2) is 5.69 Å². The second kappa shape index (κ2) is 11.9. The van der Waals surface area contributed by atoms with Crippen molar-refractivity contribution in [2.75, 3.05) is 19.5 Å². The van der Waals surface area contributed by atoms with Crippen LogP contribution in [0, 0.1) is 0 Å². The summed E-state index contributed by atoms with van der Waals surface area (Å²) in [5.74, 6) is 1.28. The lowest BCUT2D eigenvalue weighted by Crippen LogP contribution is -2.37. The minimum absolute atomic E-state index is 0.568. The highest BCUT2D eigenvalue weighted by atomic mass is 35.5. The zero-order valence-electron chi connectivity index (χ0n) is 21.2. The summed E-state index contributed by atoms with van der Waals surface area (Å²) in [6.07, 6.45) is 1.71. The Labute approximate surface area is 236 Å². The van der Waals surface area contributed by atoms with Gasteiger partial charge in [-0.05, 0) is 65.3 Å². The Morgan fingerprint density at radius 1 is 0.744 bits per heavy atom. The fourth-order valence-electron chi connectivity index (χ4n) is 3.95. The minimum atomic E-state index is 0.568. The zero-order valence-corrected chi connectivity index (χ0v) is 22.7. The molecule has 1 N–H and O–H groups in total. The zero-order chi connectivity index (χ0) is 27.2. The van der Waals surface area contributed by atoms with Gasteiger partial charge in [-0.25, -0.2) is 0 Å². The fourth-order valence-corrected chi connectivity index (χ4v) is 4.20. The fraction of sp³-hybridized carbons (Fsp3) is 0.0667. The van der Waals surface area contributed by atoms with E-state index < -0.39 is 0 Å². The molecule has 0 aliphatic rings. The molecule has 0 aliphatic heterocycles. The molecule has 0 radical (unpaired) electrons. The standard InChI is InChI=1S/C30H23Cl2N5O2/c1-38-25-16-17-26(28(18-25)39-2)34-27-19-33-37(24-14-10-22(32)11-15-24)30(20-6-4-3-5-7-20)29(27)36-35-23-12-8-21(31)9-13-23/h3-19H,1-2H3/p+1. The molecule has 1 heterocycles. The molecule has 0 aliphatic carbocycles. The van der Waals surface area contributed by atoms with Gasteiger partial charge in [0.05, 0.1) is 36.8 Å². The van der Waals surface area contributed by atoms with Gasteiger partial charge in [-0.1, -0.05) is 41.4 Å². The van der Waals surface area contributed by atoms with E-state index in [-0.39, 0.29) is 0 Å². The van der Waals surface area contributed by atoms with Gasteiger partial charge in [-0.2, -0.15) is 5.11 Å². The van der Waals surface area contributed by atoms with Crippen molar-refractivity contribution in [1.82, 2.24) is 5.10 Å². The molecule has 4 aromatic carbocycles. The molecular weight excluding hydrogens is 533 g/mol. The first-order chi connectivity index (χ1) is 19.1. The van der Waals surface area contributed by atoms with Gasteiger partial charge in [0.25, 0.3) is 5.69 Å². The number of anilines is 2. The number of nitrogens with zero attached hydrogens (tertiary/aromatic N) is 4. The number of nitrogens with one attached hydrogen (secondary N) is 1. The van der Waals surface area contributed by atoms with E-state index in [1.54, 1.807) is 38.6 Å². The maximum atomic E-state index is 6.18. The number of ether oxygens (including phenoxy) is 2. The van der Waals surface area contributed by atoms with E-state index in [0.29, 0.717) is 44.3 Å². The van der Waals surface area contributed by atoms with Crippen LogP contribution in [0.15, 0.2) is 113 Å². The number of benzene rings is 4. The number of azo groups is 1. The van der Waals surface area contributed by atoms with Gasteiger partial charge in [0.2, 0.25) is 5.69 Å². The highest BCUT2D eigenvalue weighted by Crippen LogP contribution is 2.39. The average molecular weight is 557 g/mol. The van der Waals surface area contributed by atoms with E-state index in [2.05, 4.69) is 10.4 Å². The van der Waals surface area contributed by atoms with Gasteiger partial charge in [0.1, 0.15) is 17.7 Å². The molecule has 0 unspecified atom stereocenters. The molecule has 0 amide bonds. The predicted molar refractivity (Wildman–Crippen MR) is 155 cm³/mol. The number of rotatable bonds is 8. The maximum Gasteiger partial charge on any atom is 0.275 e. The normalized spacial score (nSPS) is 11.0.